The van der Waals surface area contributed by atoms with Gasteiger partial charge in [0.15, 0.2) is 5.96 Å². The lowest BCUT2D eigenvalue weighted by Crippen LogP contribution is -2.50. The highest BCUT2D eigenvalue weighted by atomic mass is 127. The molecule has 0 aliphatic carbocycles. The Kier molecular flexibility index (Phi) is 11.4. The van der Waals surface area contributed by atoms with Crippen molar-refractivity contribution in [2.75, 3.05) is 32.1 Å². The predicted octanol–water partition coefficient (Wildman–Crippen LogP) is 2.65. The first-order valence-corrected chi connectivity index (χ1v) is 11.9. The van der Waals surface area contributed by atoms with Gasteiger partial charge in [0.1, 0.15) is 9.84 Å². The molecule has 1 aromatic carbocycles. The standard InChI is InChI=1S/C20H34N4O2S.HI/c1-17(12-14-27(3,25)26)23-20(21-2)22-15-19-11-7-8-13-24(19)16-18-9-5-4-6-10-18;/h4-6,9-10,17,19H,7-8,11-16H2,1-3H3,(H2,21,22,23);1H. The monoisotopic (exact) mass is 522 g/mol. The van der Waals surface area contributed by atoms with Crippen LogP contribution in [0.3, 0.4) is 0 Å². The van der Waals surface area contributed by atoms with Crippen molar-refractivity contribution < 1.29 is 8.42 Å². The molecule has 2 unspecified atom stereocenters. The summed E-state index contributed by atoms with van der Waals surface area (Å²) in [6.45, 7) is 4.92. The summed E-state index contributed by atoms with van der Waals surface area (Å²) in [5.74, 6) is 0.923. The van der Waals surface area contributed by atoms with Crippen molar-refractivity contribution >= 4 is 39.8 Å². The molecule has 2 N–H and O–H groups in total. The van der Waals surface area contributed by atoms with Crippen molar-refractivity contribution in [2.45, 2.75) is 51.2 Å². The second-order valence-corrected chi connectivity index (χ2v) is 9.78. The summed E-state index contributed by atoms with van der Waals surface area (Å²) in [7, 11) is -1.18. The number of piperidine rings is 1. The van der Waals surface area contributed by atoms with Crippen molar-refractivity contribution in [1.29, 1.82) is 0 Å². The molecule has 1 saturated heterocycles. The quantitative estimate of drug-likeness (QED) is 0.312. The van der Waals surface area contributed by atoms with Gasteiger partial charge in [-0.15, -0.1) is 24.0 Å². The second kappa shape index (κ2) is 12.6. The summed E-state index contributed by atoms with van der Waals surface area (Å²) in [6, 6.07) is 11.1. The average Bonchev–Trinajstić information content (AvgIpc) is 2.65. The van der Waals surface area contributed by atoms with Gasteiger partial charge in [0.2, 0.25) is 0 Å². The highest BCUT2D eigenvalue weighted by Gasteiger charge is 2.22. The van der Waals surface area contributed by atoms with Crippen LogP contribution in [0, 0.1) is 0 Å². The molecule has 2 atom stereocenters. The van der Waals surface area contributed by atoms with Gasteiger partial charge in [-0.05, 0) is 38.3 Å². The molecule has 0 bridgehead atoms. The molecular weight excluding hydrogens is 487 g/mol. The molecule has 28 heavy (non-hydrogen) atoms. The van der Waals surface area contributed by atoms with Gasteiger partial charge in [-0.25, -0.2) is 8.42 Å². The smallest absolute Gasteiger partial charge is 0.191 e. The van der Waals surface area contributed by atoms with Gasteiger partial charge in [0, 0.05) is 38.5 Å². The van der Waals surface area contributed by atoms with Crippen LogP contribution >= 0.6 is 24.0 Å². The molecular formula is C20H35IN4O2S. The number of hydrogen-bond donors (Lipinski definition) is 2. The fraction of sp³-hybridized carbons (Fsp3) is 0.650. The first kappa shape index (κ1) is 25.2. The Labute approximate surface area is 187 Å². The van der Waals surface area contributed by atoms with Gasteiger partial charge >= 0.3 is 0 Å². The van der Waals surface area contributed by atoms with Crippen LogP contribution in [-0.4, -0.2) is 63.5 Å². The Balaban J connectivity index is 0.00000392. The van der Waals surface area contributed by atoms with Gasteiger partial charge < -0.3 is 10.6 Å². The van der Waals surface area contributed by atoms with Crippen molar-refractivity contribution in [1.82, 2.24) is 15.5 Å². The number of rotatable bonds is 8. The SMILES string of the molecule is CN=C(NCC1CCCCN1Cc1ccccc1)NC(C)CCS(C)(=O)=O.I. The summed E-state index contributed by atoms with van der Waals surface area (Å²) < 4.78 is 22.7. The lowest BCUT2D eigenvalue weighted by Gasteiger charge is -2.36. The van der Waals surface area contributed by atoms with Crippen molar-refractivity contribution in [3.05, 3.63) is 35.9 Å². The van der Waals surface area contributed by atoms with Crippen LogP contribution in [0.4, 0.5) is 0 Å². The van der Waals surface area contributed by atoms with Crippen LogP contribution in [0.5, 0.6) is 0 Å². The summed E-state index contributed by atoms with van der Waals surface area (Å²) in [5, 5.41) is 6.73. The minimum atomic E-state index is -2.94. The third-order valence-corrected chi connectivity index (χ3v) is 5.99. The zero-order valence-corrected chi connectivity index (χ0v) is 20.4. The first-order chi connectivity index (χ1) is 12.9. The predicted molar refractivity (Wildman–Crippen MR) is 128 cm³/mol. The molecule has 0 radical (unpaired) electrons. The third kappa shape index (κ3) is 9.56. The topological polar surface area (TPSA) is 73.8 Å². The minimum absolute atomic E-state index is 0. The maximum absolute atomic E-state index is 11.3. The number of nitrogens with one attached hydrogen (secondary N) is 2. The van der Waals surface area contributed by atoms with Crippen molar-refractivity contribution in [2.24, 2.45) is 4.99 Å². The zero-order valence-electron chi connectivity index (χ0n) is 17.2. The Morgan fingerprint density at radius 1 is 1.29 bits per heavy atom. The van der Waals surface area contributed by atoms with E-state index in [1.807, 2.05) is 6.92 Å². The first-order valence-electron chi connectivity index (χ1n) is 9.80. The molecule has 1 aromatic rings. The highest BCUT2D eigenvalue weighted by Crippen LogP contribution is 2.19. The van der Waals surface area contributed by atoms with Crippen LogP contribution in [-0.2, 0) is 16.4 Å². The van der Waals surface area contributed by atoms with E-state index < -0.39 is 9.84 Å². The molecule has 0 aromatic heterocycles. The molecule has 0 spiro atoms. The molecule has 2 rings (SSSR count). The van der Waals surface area contributed by atoms with E-state index in [1.165, 1.54) is 31.1 Å². The summed E-state index contributed by atoms with van der Waals surface area (Å²) >= 11 is 0. The third-order valence-electron chi connectivity index (χ3n) is 5.01. The minimum Gasteiger partial charge on any atom is -0.355 e. The Morgan fingerprint density at radius 3 is 2.64 bits per heavy atom. The number of halogens is 1. The maximum atomic E-state index is 11.3. The van der Waals surface area contributed by atoms with Crippen LogP contribution in [0.1, 0.15) is 38.2 Å². The van der Waals surface area contributed by atoms with Gasteiger partial charge in [-0.3, -0.25) is 9.89 Å². The van der Waals surface area contributed by atoms with E-state index in [0.717, 1.165) is 25.6 Å². The molecule has 0 saturated carbocycles. The molecule has 6 nitrogen and oxygen atoms in total. The van der Waals surface area contributed by atoms with Crippen molar-refractivity contribution in [3.63, 3.8) is 0 Å². The lowest BCUT2D eigenvalue weighted by atomic mass is 10.0. The van der Waals surface area contributed by atoms with Gasteiger partial charge in [-0.2, -0.15) is 0 Å². The fourth-order valence-electron chi connectivity index (χ4n) is 3.42. The Hall–Kier alpha value is -0.870. The molecule has 160 valence electrons. The summed E-state index contributed by atoms with van der Waals surface area (Å²) in [5.41, 5.74) is 1.35. The molecule has 1 fully saturated rings. The number of nitrogens with zero attached hydrogens (tertiary/aromatic N) is 2. The summed E-state index contributed by atoms with van der Waals surface area (Å²) in [6.07, 6.45) is 5.54. The number of likely N-dealkylation sites (tertiary alicyclic amines) is 1. The maximum Gasteiger partial charge on any atom is 0.191 e. The number of hydrogen-bond acceptors (Lipinski definition) is 4. The van der Waals surface area contributed by atoms with Gasteiger partial charge in [0.05, 0.1) is 5.75 Å². The van der Waals surface area contributed by atoms with Crippen LogP contribution in [0.2, 0.25) is 0 Å². The van der Waals surface area contributed by atoms with Crippen LogP contribution in [0.25, 0.3) is 0 Å². The van der Waals surface area contributed by atoms with Crippen LogP contribution in [0.15, 0.2) is 35.3 Å². The molecule has 0 amide bonds. The second-order valence-electron chi connectivity index (χ2n) is 7.52. The number of benzene rings is 1. The Morgan fingerprint density at radius 2 is 2.00 bits per heavy atom. The molecule has 1 heterocycles. The van der Waals surface area contributed by atoms with Gasteiger partial charge in [0.25, 0.3) is 0 Å². The van der Waals surface area contributed by atoms with E-state index >= 15 is 0 Å². The zero-order chi connectivity index (χ0) is 19.7. The number of guanidine groups is 1. The molecule has 8 heteroatoms. The lowest BCUT2D eigenvalue weighted by molar-refractivity contribution is 0.141. The number of sulfone groups is 1. The molecule has 1 aliphatic heterocycles. The van der Waals surface area contributed by atoms with E-state index in [1.54, 1.807) is 7.05 Å². The number of aliphatic imine (C=N–C) groups is 1. The van der Waals surface area contributed by atoms with Gasteiger partial charge in [-0.1, -0.05) is 36.8 Å². The van der Waals surface area contributed by atoms with E-state index in [-0.39, 0.29) is 35.8 Å². The highest BCUT2D eigenvalue weighted by molar-refractivity contribution is 14.0. The largest absolute Gasteiger partial charge is 0.355 e. The van der Waals surface area contributed by atoms with E-state index in [0.29, 0.717) is 12.5 Å². The van der Waals surface area contributed by atoms with E-state index in [9.17, 15) is 8.42 Å². The summed E-state index contributed by atoms with van der Waals surface area (Å²) in [4.78, 5) is 6.84. The normalized spacial score (nSPS) is 19.5. The fourth-order valence-corrected chi connectivity index (χ4v) is 4.20. The average molecular weight is 522 g/mol. The van der Waals surface area contributed by atoms with Crippen LogP contribution < -0.4 is 10.6 Å². The Bertz CT molecular complexity index is 697. The molecule has 1 aliphatic rings. The van der Waals surface area contributed by atoms with E-state index in [4.69, 9.17) is 0 Å². The van der Waals surface area contributed by atoms with E-state index in [2.05, 4.69) is 50.9 Å². The van der Waals surface area contributed by atoms with Crippen molar-refractivity contribution in [3.8, 4) is 0 Å².